The molecule has 0 amide bonds. The van der Waals surface area contributed by atoms with Gasteiger partial charge in [0.05, 0.1) is 11.7 Å². The number of nitrogens with zero attached hydrogens (tertiary/aromatic N) is 2. The highest BCUT2D eigenvalue weighted by Gasteiger charge is 2.24. The number of ether oxygens (including phenoxy) is 1. The zero-order valence-corrected chi connectivity index (χ0v) is 16.3. The van der Waals surface area contributed by atoms with Crippen molar-refractivity contribution in [2.24, 2.45) is 0 Å². The first-order valence-corrected chi connectivity index (χ1v) is 9.93. The Hall–Kier alpha value is -2.69. The Balaban J connectivity index is 1.53. The van der Waals surface area contributed by atoms with Crippen LogP contribution in [0.5, 0.6) is 5.75 Å². The predicted octanol–water partition coefficient (Wildman–Crippen LogP) is 3.96. The molecule has 2 heterocycles. The number of rotatable bonds is 6. The summed E-state index contributed by atoms with van der Waals surface area (Å²) in [6, 6.07) is 23.2. The first kappa shape index (κ1) is 18.7. The quantitative estimate of drug-likeness (QED) is 0.710. The summed E-state index contributed by atoms with van der Waals surface area (Å²) in [5.41, 5.74) is 4.72. The molecule has 1 aromatic heterocycles. The second-order valence-electron chi connectivity index (χ2n) is 7.29. The Morgan fingerprint density at radius 3 is 2.39 bits per heavy atom. The molecule has 1 unspecified atom stereocenters. The third-order valence-electron chi connectivity index (χ3n) is 5.18. The number of pyridine rings is 1. The molecule has 1 aliphatic rings. The zero-order chi connectivity index (χ0) is 19.2. The molecule has 144 valence electrons. The van der Waals surface area contributed by atoms with Crippen LogP contribution in [0.3, 0.4) is 0 Å². The van der Waals surface area contributed by atoms with Gasteiger partial charge >= 0.3 is 0 Å². The Kier molecular flexibility index (Phi) is 6.00. The number of piperazine rings is 1. The van der Waals surface area contributed by atoms with Gasteiger partial charge in [0, 0.05) is 32.4 Å². The van der Waals surface area contributed by atoms with Gasteiger partial charge < -0.3 is 10.1 Å². The standard InChI is InChI=1S/C24H27N3O/c1-19-7-12-23(26-17-19)24(27-15-13-25-14-16-27)21-8-10-22(11-9-21)28-18-20-5-3-2-4-6-20/h2-12,17,24-25H,13-16,18H2,1H3. The summed E-state index contributed by atoms with van der Waals surface area (Å²) < 4.78 is 5.95. The van der Waals surface area contributed by atoms with Crippen LogP contribution in [0.25, 0.3) is 0 Å². The molecule has 1 atom stereocenters. The first-order chi connectivity index (χ1) is 13.8. The molecule has 1 aliphatic heterocycles. The third-order valence-corrected chi connectivity index (χ3v) is 5.18. The van der Waals surface area contributed by atoms with E-state index in [9.17, 15) is 0 Å². The topological polar surface area (TPSA) is 37.4 Å². The van der Waals surface area contributed by atoms with Crippen molar-refractivity contribution in [3.8, 4) is 5.75 Å². The lowest BCUT2D eigenvalue weighted by molar-refractivity contribution is 0.195. The lowest BCUT2D eigenvalue weighted by atomic mass is 10.00. The second-order valence-corrected chi connectivity index (χ2v) is 7.29. The molecule has 2 aromatic carbocycles. The van der Waals surface area contributed by atoms with E-state index in [1.807, 2.05) is 24.4 Å². The number of hydrogen-bond donors (Lipinski definition) is 1. The summed E-state index contributed by atoms with van der Waals surface area (Å²) >= 11 is 0. The summed E-state index contributed by atoms with van der Waals surface area (Å²) in [5, 5.41) is 3.44. The van der Waals surface area contributed by atoms with Crippen molar-refractivity contribution in [1.29, 1.82) is 0 Å². The van der Waals surface area contributed by atoms with Crippen molar-refractivity contribution >= 4 is 0 Å². The molecule has 0 spiro atoms. The number of aromatic nitrogens is 1. The Morgan fingerprint density at radius 2 is 1.71 bits per heavy atom. The molecule has 0 saturated carbocycles. The van der Waals surface area contributed by atoms with Crippen molar-refractivity contribution in [1.82, 2.24) is 15.2 Å². The minimum absolute atomic E-state index is 0.172. The Bertz CT molecular complexity index is 857. The van der Waals surface area contributed by atoms with Crippen LogP contribution in [0, 0.1) is 6.92 Å². The maximum absolute atomic E-state index is 5.95. The maximum atomic E-state index is 5.95. The molecule has 4 rings (SSSR count). The van der Waals surface area contributed by atoms with Crippen LogP contribution in [0.1, 0.15) is 28.4 Å². The van der Waals surface area contributed by atoms with Gasteiger partial charge in [0.1, 0.15) is 12.4 Å². The first-order valence-electron chi connectivity index (χ1n) is 9.93. The summed E-state index contributed by atoms with van der Waals surface area (Å²) in [5.74, 6) is 0.892. The van der Waals surface area contributed by atoms with Crippen molar-refractivity contribution in [2.45, 2.75) is 19.6 Å². The van der Waals surface area contributed by atoms with E-state index in [1.165, 1.54) is 16.7 Å². The van der Waals surface area contributed by atoms with Gasteiger partial charge in [-0.25, -0.2) is 0 Å². The Labute approximate surface area is 167 Å². The van der Waals surface area contributed by atoms with Crippen LogP contribution in [-0.2, 0) is 6.61 Å². The van der Waals surface area contributed by atoms with Crippen molar-refractivity contribution in [2.75, 3.05) is 26.2 Å². The van der Waals surface area contributed by atoms with Gasteiger partial charge in [-0.3, -0.25) is 9.88 Å². The van der Waals surface area contributed by atoms with E-state index in [0.29, 0.717) is 6.61 Å². The number of hydrogen-bond acceptors (Lipinski definition) is 4. The van der Waals surface area contributed by atoms with E-state index >= 15 is 0 Å². The second kappa shape index (κ2) is 9.00. The van der Waals surface area contributed by atoms with Gasteiger partial charge in [-0.2, -0.15) is 0 Å². The highest BCUT2D eigenvalue weighted by atomic mass is 16.5. The van der Waals surface area contributed by atoms with Crippen molar-refractivity contribution in [3.63, 3.8) is 0 Å². The number of nitrogens with one attached hydrogen (secondary N) is 1. The van der Waals surface area contributed by atoms with E-state index in [1.54, 1.807) is 0 Å². The molecule has 0 radical (unpaired) electrons. The fourth-order valence-corrected chi connectivity index (χ4v) is 3.64. The van der Waals surface area contributed by atoms with Crippen LogP contribution in [0.15, 0.2) is 72.9 Å². The van der Waals surface area contributed by atoms with E-state index < -0.39 is 0 Å². The molecule has 0 bridgehead atoms. The molecule has 4 nitrogen and oxygen atoms in total. The van der Waals surface area contributed by atoms with Crippen LogP contribution in [0.4, 0.5) is 0 Å². The van der Waals surface area contributed by atoms with Gasteiger partial charge in [0.2, 0.25) is 0 Å². The smallest absolute Gasteiger partial charge is 0.119 e. The molecule has 4 heteroatoms. The monoisotopic (exact) mass is 373 g/mol. The lowest BCUT2D eigenvalue weighted by Gasteiger charge is -2.35. The predicted molar refractivity (Wildman–Crippen MR) is 112 cm³/mol. The van der Waals surface area contributed by atoms with E-state index in [4.69, 9.17) is 9.72 Å². The fourth-order valence-electron chi connectivity index (χ4n) is 3.64. The maximum Gasteiger partial charge on any atom is 0.119 e. The van der Waals surface area contributed by atoms with Crippen LogP contribution >= 0.6 is 0 Å². The summed E-state index contributed by atoms with van der Waals surface area (Å²) in [6.07, 6.45) is 1.96. The van der Waals surface area contributed by atoms with Gasteiger partial charge in [0.15, 0.2) is 0 Å². The average Bonchev–Trinajstić information content (AvgIpc) is 2.76. The summed E-state index contributed by atoms with van der Waals surface area (Å²) in [7, 11) is 0. The zero-order valence-electron chi connectivity index (χ0n) is 16.3. The van der Waals surface area contributed by atoms with E-state index in [0.717, 1.165) is 37.6 Å². The molecule has 0 aliphatic carbocycles. The molecule has 1 N–H and O–H groups in total. The molecule has 1 fully saturated rings. The summed E-state index contributed by atoms with van der Waals surface area (Å²) in [4.78, 5) is 7.24. The van der Waals surface area contributed by atoms with Crippen LogP contribution < -0.4 is 10.1 Å². The van der Waals surface area contributed by atoms with E-state index in [-0.39, 0.29) is 6.04 Å². The van der Waals surface area contributed by atoms with Gasteiger partial charge in [-0.1, -0.05) is 48.5 Å². The van der Waals surface area contributed by atoms with Gasteiger partial charge in [-0.15, -0.1) is 0 Å². The number of aryl methyl sites for hydroxylation is 1. The fraction of sp³-hybridized carbons (Fsp3) is 0.292. The van der Waals surface area contributed by atoms with Crippen LogP contribution in [-0.4, -0.2) is 36.1 Å². The molecular formula is C24H27N3O. The molecular weight excluding hydrogens is 346 g/mol. The minimum Gasteiger partial charge on any atom is -0.489 e. The minimum atomic E-state index is 0.172. The van der Waals surface area contributed by atoms with E-state index in [2.05, 4.69) is 65.7 Å². The van der Waals surface area contributed by atoms with Crippen molar-refractivity contribution < 1.29 is 4.74 Å². The largest absolute Gasteiger partial charge is 0.489 e. The molecule has 28 heavy (non-hydrogen) atoms. The SMILES string of the molecule is Cc1ccc(C(c2ccc(OCc3ccccc3)cc2)N2CCNCC2)nc1. The summed E-state index contributed by atoms with van der Waals surface area (Å²) in [6.45, 7) is 6.73. The number of benzene rings is 2. The lowest BCUT2D eigenvalue weighted by Crippen LogP contribution is -2.45. The average molecular weight is 374 g/mol. The Morgan fingerprint density at radius 1 is 0.964 bits per heavy atom. The van der Waals surface area contributed by atoms with Gasteiger partial charge in [-0.05, 0) is 41.8 Å². The van der Waals surface area contributed by atoms with Gasteiger partial charge in [0.25, 0.3) is 0 Å². The molecule has 3 aromatic rings. The normalized spacial score (nSPS) is 15.9. The molecule has 1 saturated heterocycles. The van der Waals surface area contributed by atoms with Crippen LogP contribution in [0.2, 0.25) is 0 Å². The highest BCUT2D eigenvalue weighted by molar-refractivity contribution is 5.34. The highest BCUT2D eigenvalue weighted by Crippen LogP contribution is 2.29. The van der Waals surface area contributed by atoms with Crippen molar-refractivity contribution in [3.05, 3.63) is 95.3 Å². The third kappa shape index (κ3) is 4.58.